The minimum atomic E-state index is -4.78. The maximum Gasteiger partial charge on any atom is 0.431 e. The Balaban J connectivity index is 2.48. The smallest absolute Gasteiger partial charge is 0.303 e. The van der Waals surface area contributed by atoms with Gasteiger partial charge < -0.3 is 4.98 Å². The fourth-order valence-corrected chi connectivity index (χ4v) is 1.82. The summed E-state index contributed by atoms with van der Waals surface area (Å²) in [5.74, 6) is 0. The van der Waals surface area contributed by atoms with Crippen LogP contribution in [-0.2, 0) is 12.7 Å². The van der Waals surface area contributed by atoms with Gasteiger partial charge in [0.25, 0.3) is 5.56 Å². The number of H-pyrrole nitrogens is 1. The Bertz CT molecular complexity index is 718. The molecule has 0 bridgehead atoms. The number of rotatable bonds is 2. The summed E-state index contributed by atoms with van der Waals surface area (Å²) in [6, 6.07) is 6.78. The maximum atomic E-state index is 12.4. The van der Waals surface area contributed by atoms with Gasteiger partial charge in [-0.05, 0) is 11.6 Å². The van der Waals surface area contributed by atoms with E-state index in [1.165, 1.54) is 0 Å². The second kappa shape index (κ2) is 5.16. The third-order valence-electron chi connectivity index (χ3n) is 2.61. The molecule has 0 aliphatic heterocycles. The summed E-state index contributed by atoms with van der Waals surface area (Å²) in [4.78, 5) is 24.8. The Morgan fingerprint density at radius 1 is 1.20 bits per heavy atom. The number of hydrogen-bond donors (Lipinski definition) is 1. The van der Waals surface area contributed by atoms with E-state index in [9.17, 15) is 22.8 Å². The van der Waals surface area contributed by atoms with Gasteiger partial charge in [0.05, 0.1) is 6.54 Å². The van der Waals surface area contributed by atoms with E-state index >= 15 is 0 Å². The number of aromatic amines is 1. The van der Waals surface area contributed by atoms with Crippen molar-refractivity contribution in [1.29, 1.82) is 0 Å². The van der Waals surface area contributed by atoms with Gasteiger partial charge >= 0.3 is 11.9 Å². The number of nitrogens with one attached hydrogen (secondary N) is 1. The van der Waals surface area contributed by atoms with Gasteiger partial charge in [0.1, 0.15) is 5.69 Å². The van der Waals surface area contributed by atoms with Crippen molar-refractivity contribution in [2.24, 2.45) is 0 Å². The monoisotopic (exact) mass is 304 g/mol. The van der Waals surface area contributed by atoms with Crippen LogP contribution in [0.5, 0.6) is 0 Å². The van der Waals surface area contributed by atoms with Crippen LogP contribution >= 0.6 is 11.6 Å². The fraction of sp³-hybridized carbons (Fsp3) is 0.167. The first-order valence-electron chi connectivity index (χ1n) is 5.44. The lowest BCUT2D eigenvalue weighted by atomic mass is 10.2. The molecule has 2 aromatic rings. The standard InChI is InChI=1S/C12H8ClF3N2O2/c13-8-4-2-1-3-7(8)6-18-10(19)5-9(12(14,15)16)17-11(18)20/h1-5H,6H2,(H,17,20). The van der Waals surface area contributed by atoms with E-state index in [0.29, 0.717) is 21.2 Å². The van der Waals surface area contributed by atoms with E-state index in [4.69, 9.17) is 11.6 Å². The Kier molecular flexibility index (Phi) is 3.71. The molecule has 0 atom stereocenters. The van der Waals surface area contributed by atoms with E-state index in [-0.39, 0.29) is 6.54 Å². The molecule has 0 saturated carbocycles. The van der Waals surface area contributed by atoms with E-state index in [0.717, 1.165) is 0 Å². The van der Waals surface area contributed by atoms with Crippen LogP contribution in [0.25, 0.3) is 0 Å². The zero-order chi connectivity index (χ0) is 14.9. The molecule has 1 N–H and O–H groups in total. The van der Waals surface area contributed by atoms with E-state index in [2.05, 4.69) is 0 Å². The summed E-state index contributed by atoms with van der Waals surface area (Å²) in [5, 5.41) is 0.318. The Labute approximate surface area is 115 Å². The molecular formula is C12H8ClF3N2O2. The van der Waals surface area contributed by atoms with Gasteiger partial charge in [0.2, 0.25) is 0 Å². The van der Waals surface area contributed by atoms with Crippen molar-refractivity contribution in [3.63, 3.8) is 0 Å². The summed E-state index contributed by atoms with van der Waals surface area (Å²) in [6.45, 7) is -0.202. The predicted molar refractivity (Wildman–Crippen MR) is 66.9 cm³/mol. The van der Waals surface area contributed by atoms with Gasteiger partial charge in [-0.1, -0.05) is 29.8 Å². The molecule has 0 spiro atoms. The van der Waals surface area contributed by atoms with Crippen LogP contribution in [-0.4, -0.2) is 9.55 Å². The molecular weight excluding hydrogens is 297 g/mol. The van der Waals surface area contributed by atoms with Crippen molar-refractivity contribution in [1.82, 2.24) is 9.55 Å². The summed E-state index contributed by atoms with van der Waals surface area (Å²) in [7, 11) is 0. The molecule has 1 aromatic carbocycles. The largest absolute Gasteiger partial charge is 0.431 e. The van der Waals surface area contributed by atoms with Crippen molar-refractivity contribution in [3.8, 4) is 0 Å². The van der Waals surface area contributed by atoms with Crippen molar-refractivity contribution in [2.75, 3.05) is 0 Å². The topological polar surface area (TPSA) is 54.9 Å². The van der Waals surface area contributed by atoms with Crippen LogP contribution in [0.1, 0.15) is 11.3 Å². The first kappa shape index (κ1) is 14.4. The molecule has 1 aromatic heterocycles. The Morgan fingerprint density at radius 3 is 2.40 bits per heavy atom. The molecule has 0 radical (unpaired) electrons. The third kappa shape index (κ3) is 2.93. The molecule has 20 heavy (non-hydrogen) atoms. The highest BCUT2D eigenvalue weighted by Crippen LogP contribution is 2.25. The molecule has 0 aliphatic carbocycles. The zero-order valence-corrected chi connectivity index (χ0v) is 10.6. The first-order chi connectivity index (χ1) is 9.29. The molecule has 0 aliphatic rings. The molecule has 0 unspecified atom stereocenters. The summed E-state index contributed by atoms with van der Waals surface area (Å²) < 4.78 is 37.9. The second-order valence-corrected chi connectivity index (χ2v) is 4.41. The SMILES string of the molecule is O=c1cc(C(F)(F)F)[nH]c(=O)n1Cc1ccccc1Cl. The second-order valence-electron chi connectivity index (χ2n) is 4.00. The van der Waals surface area contributed by atoms with E-state index < -0.39 is 23.1 Å². The van der Waals surface area contributed by atoms with Crippen LogP contribution in [0.15, 0.2) is 39.9 Å². The van der Waals surface area contributed by atoms with Crippen molar-refractivity contribution in [3.05, 3.63) is 67.4 Å². The van der Waals surface area contributed by atoms with Gasteiger partial charge in [-0.3, -0.25) is 9.36 Å². The van der Waals surface area contributed by atoms with Crippen LogP contribution in [0.3, 0.4) is 0 Å². The molecule has 0 amide bonds. The average Bonchev–Trinajstić information content (AvgIpc) is 2.34. The molecule has 1 heterocycles. The van der Waals surface area contributed by atoms with Gasteiger partial charge in [-0.15, -0.1) is 0 Å². The fourth-order valence-electron chi connectivity index (χ4n) is 1.62. The Morgan fingerprint density at radius 2 is 1.85 bits per heavy atom. The van der Waals surface area contributed by atoms with Crippen LogP contribution < -0.4 is 11.2 Å². The summed E-state index contributed by atoms with van der Waals surface area (Å²) >= 11 is 5.88. The average molecular weight is 305 g/mol. The van der Waals surface area contributed by atoms with Gasteiger partial charge in [0.15, 0.2) is 0 Å². The molecule has 2 rings (SSSR count). The molecule has 4 nitrogen and oxygen atoms in total. The quantitative estimate of drug-likeness (QED) is 0.925. The highest BCUT2D eigenvalue weighted by molar-refractivity contribution is 6.31. The van der Waals surface area contributed by atoms with Crippen molar-refractivity contribution in [2.45, 2.75) is 12.7 Å². The number of nitrogens with zero attached hydrogens (tertiary/aromatic N) is 1. The highest BCUT2D eigenvalue weighted by atomic mass is 35.5. The lowest BCUT2D eigenvalue weighted by Crippen LogP contribution is -2.37. The third-order valence-corrected chi connectivity index (χ3v) is 2.98. The first-order valence-corrected chi connectivity index (χ1v) is 5.81. The maximum absolute atomic E-state index is 12.4. The summed E-state index contributed by atoms with van der Waals surface area (Å²) in [6.07, 6.45) is -4.78. The van der Waals surface area contributed by atoms with Crippen LogP contribution in [0, 0.1) is 0 Å². The predicted octanol–water partition coefficient (Wildman–Crippen LogP) is 2.26. The summed E-state index contributed by atoms with van der Waals surface area (Å²) in [5.41, 5.74) is -3.09. The minimum absolute atomic E-state index is 0.202. The zero-order valence-electron chi connectivity index (χ0n) is 9.87. The number of hydrogen-bond acceptors (Lipinski definition) is 2. The normalized spacial score (nSPS) is 11.6. The highest BCUT2D eigenvalue weighted by Gasteiger charge is 2.32. The van der Waals surface area contributed by atoms with Crippen molar-refractivity contribution >= 4 is 11.6 Å². The van der Waals surface area contributed by atoms with Gasteiger partial charge in [-0.25, -0.2) is 4.79 Å². The molecule has 0 fully saturated rings. The van der Waals surface area contributed by atoms with E-state index in [1.54, 1.807) is 29.2 Å². The van der Waals surface area contributed by atoms with Crippen molar-refractivity contribution < 1.29 is 13.2 Å². The van der Waals surface area contributed by atoms with Gasteiger partial charge in [0, 0.05) is 11.1 Å². The van der Waals surface area contributed by atoms with E-state index in [1.807, 2.05) is 0 Å². The lowest BCUT2D eigenvalue weighted by Gasteiger charge is -2.09. The molecule has 8 heteroatoms. The molecule has 106 valence electrons. The Hall–Kier alpha value is -2.02. The number of benzene rings is 1. The molecule has 0 saturated heterocycles. The number of aromatic nitrogens is 2. The van der Waals surface area contributed by atoms with Gasteiger partial charge in [-0.2, -0.15) is 13.2 Å². The minimum Gasteiger partial charge on any atom is -0.303 e. The lowest BCUT2D eigenvalue weighted by molar-refractivity contribution is -0.141. The number of alkyl halides is 3. The van der Waals surface area contributed by atoms with Crippen LogP contribution in [0.4, 0.5) is 13.2 Å². The number of halogens is 4. The van der Waals surface area contributed by atoms with Crippen LogP contribution in [0.2, 0.25) is 5.02 Å².